The van der Waals surface area contributed by atoms with Crippen LogP contribution in [-0.4, -0.2) is 41.1 Å². The summed E-state index contributed by atoms with van der Waals surface area (Å²) < 4.78 is 0. The van der Waals surface area contributed by atoms with Crippen molar-refractivity contribution in [2.45, 2.75) is 32.0 Å². The lowest BCUT2D eigenvalue weighted by Gasteiger charge is -2.40. The van der Waals surface area contributed by atoms with Gasteiger partial charge in [0.2, 0.25) is 0 Å². The molecule has 1 heterocycles. The van der Waals surface area contributed by atoms with Crippen molar-refractivity contribution >= 4 is 5.97 Å². The minimum atomic E-state index is -0.728. The summed E-state index contributed by atoms with van der Waals surface area (Å²) in [6.45, 7) is 4.64. The molecule has 1 saturated heterocycles. The molecule has 0 saturated carbocycles. The maximum atomic E-state index is 10.9. The lowest BCUT2D eigenvalue weighted by atomic mass is 10.0. The van der Waals surface area contributed by atoms with Crippen molar-refractivity contribution in [1.82, 2.24) is 10.2 Å². The molecular weight excluding hydrogens is 228 g/mol. The van der Waals surface area contributed by atoms with E-state index in [1.807, 2.05) is 18.2 Å². The van der Waals surface area contributed by atoms with Crippen LogP contribution in [0.5, 0.6) is 0 Å². The molecule has 4 heteroatoms. The molecular formula is C14H20N2O2. The SMILES string of the molecule is C[C@H]1CNC[C@H](CC(=O)O)N1Cc1ccccc1. The number of hydrogen-bond acceptors (Lipinski definition) is 3. The van der Waals surface area contributed by atoms with Crippen LogP contribution in [0, 0.1) is 0 Å². The van der Waals surface area contributed by atoms with Crippen LogP contribution in [0.1, 0.15) is 18.9 Å². The van der Waals surface area contributed by atoms with Gasteiger partial charge in [-0.2, -0.15) is 0 Å². The Kier molecular flexibility index (Phi) is 4.33. The fourth-order valence-electron chi connectivity index (χ4n) is 2.52. The number of benzene rings is 1. The van der Waals surface area contributed by atoms with E-state index >= 15 is 0 Å². The maximum Gasteiger partial charge on any atom is 0.304 e. The zero-order valence-corrected chi connectivity index (χ0v) is 10.7. The maximum absolute atomic E-state index is 10.9. The van der Waals surface area contributed by atoms with Crippen molar-refractivity contribution < 1.29 is 9.90 Å². The third-order valence-corrected chi connectivity index (χ3v) is 3.47. The van der Waals surface area contributed by atoms with Gasteiger partial charge in [0.15, 0.2) is 0 Å². The van der Waals surface area contributed by atoms with Gasteiger partial charge in [0, 0.05) is 31.7 Å². The Balaban J connectivity index is 2.07. The number of aliphatic carboxylic acids is 1. The fraction of sp³-hybridized carbons (Fsp3) is 0.500. The topological polar surface area (TPSA) is 52.6 Å². The molecule has 1 aliphatic rings. The first-order chi connectivity index (χ1) is 8.66. The second-order valence-electron chi connectivity index (χ2n) is 4.92. The number of nitrogens with zero attached hydrogens (tertiary/aromatic N) is 1. The largest absolute Gasteiger partial charge is 0.481 e. The van der Waals surface area contributed by atoms with Crippen LogP contribution in [0.4, 0.5) is 0 Å². The van der Waals surface area contributed by atoms with Gasteiger partial charge in [0.1, 0.15) is 0 Å². The van der Waals surface area contributed by atoms with Gasteiger partial charge in [-0.1, -0.05) is 30.3 Å². The third-order valence-electron chi connectivity index (χ3n) is 3.47. The van der Waals surface area contributed by atoms with Crippen molar-refractivity contribution in [2.75, 3.05) is 13.1 Å². The first kappa shape index (κ1) is 13.1. The van der Waals surface area contributed by atoms with Gasteiger partial charge in [0.25, 0.3) is 0 Å². The molecule has 0 radical (unpaired) electrons. The van der Waals surface area contributed by atoms with E-state index < -0.39 is 5.97 Å². The van der Waals surface area contributed by atoms with Gasteiger partial charge in [0.05, 0.1) is 6.42 Å². The van der Waals surface area contributed by atoms with Crippen LogP contribution in [0.2, 0.25) is 0 Å². The minimum absolute atomic E-state index is 0.0754. The highest BCUT2D eigenvalue weighted by atomic mass is 16.4. The summed E-state index contributed by atoms with van der Waals surface area (Å²) >= 11 is 0. The van der Waals surface area contributed by atoms with E-state index in [1.165, 1.54) is 5.56 Å². The number of carboxylic acid groups (broad SMARTS) is 1. The molecule has 4 nitrogen and oxygen atoms in total. The van der Waals surface area contributed by atoms with Gasteiger partial charge in [-0.05, 0) is 12.5 Å². The zero-order valence-electron chi connectivity index (χ0n) is 10.7. The van der Waals surface area contributed by atoms with E-state index in [0.29, 0.717) is 6.04 Å². The van der Waals surface area contributed by atoms with Gasteiger partial charge in [-0.15, -0.1) is 0 Å². The predicted molar refractivity (Wildman–Crippen MR) is 70.4 cm³/mol. The van der Waals surface area contributed by atoms with Crippen LogP contribution in [0.15, 0.2) is 30.3 Å². The van der Waals surface area contributed by atoms with Gasteiger partial charge < -0.3 is 10.4 Å². The Morgan fingerprint density at radius 3 is 2.78 bits per heavy atom. The molecule has 0 unspecified atom stereocenters. The highest BCUT2D eigenvalue weighted by Crippen LogP contribution is 2.17. The van der Waals surface area contributed by atoms with Crippen molar-refractivity contribution in [1.29, 1.82) is 0 Å². The molecule has 98 valence electrons. The standard InChI is InChI=1S/C14H20N2O2/c1-11-8-15-9-13(7-14(17)18)16(11)10-12-5-3-2-4-6-12/h2-6,11,13,15H,7-10H2,1H3,(H,17,18)/t11-,13-/m0/s1. The van der Waals surface area contributed by atoms with E-state index in [-0.39, 0.29) is 12.5 Å². The Bertz CT molecular complexity index is 394. The highest BCUT2D eigenvalue weighted by molar-refractivity contribution is 5.67. The van der Waals surface area contributed by atoms with Crippen LogP contribution in [-0.2, 0) is 11.3 Å². The molecule has 1 aromatic rings. The molecule has 1 aromatic carbocycles. The normalized spacial score (nSPS) is 24.9. The van der Waals surface area contributed by atoms with E-state index in [1.54, 1.807) is 0 Å². The zero-order chi connectivity index (χ0) is 13.0. The van der Waals surface area contributed by atoms with Crippen LogP contribution >= 0.6 is 0 Å². The van der Waals surface area contributed by atoms with Crippen molar-refractivity contribution in [3.05, 3.63) is 35.9 Å². The summed E-state index contributed by atoms with van der Waals surface area (Å²) in [7, 11) is 0. The average Bonchev–Trinajstić information content (AvgIpc) is 2.34. The van der Waals surface area contributed by atoms with Gasteiger partial charge in [-0.3, -0.25) is 9.69 Å². The quantitative estimate of drug-likeness (QED) is 0.844. The molecule has 0 aliphatic carbocycles. The molecule has 18 heavy (non-hydrogen) atoms. The molecule has 0 aromatic heterocycles. The second kappa shape index (κ2) is 5.98. The Morgan fingerprint density at radius 1 is 1.39 bits per heavy atom. The predicted octanol–water partition coefficient (Wildman–Crippen LogP) is 1.32. The summed E-state index contributed by atoms with van der Waals surface area (Å²) in [6.07, 6.45) is 0.199. The number of carboxylic acids is 1. The average molecular weight is 248 g/mol. The third kappa shape index (κ3) is 3.31. The highest BCUT2D eigenvalue weighted by Gasteiger charge is 2.29. The summed E-state index contributed by atoms with van der Waals surface area (Å²) in [5.41, 5.74) is 1.24. The number of piperazine rings is 1. The molecule has 2 atom stereocenters. The first-order valence-electron chi connectivity index (χ1n) is 6.39. The molecule has 0 spiro atoms. The Morgan fingerprint density at radius 2 is 2.11 bits per heavy atom. The fourth-order valence-corrected chi connectivity index (χ4v) is 2.52. The van der Waals surface area contributed by atoms with E-state index in [0.717, 1.165) is 19.6 Å². The number of carbonyl (C=O) groups is 1. The molecule has 2 rings (SSSR count). The molecule has 2 N–H and O–H groups in total. The minimum Gasteiger partial charge on any atom is -0.481 e. The molecule has 0 bridgehead atoms. The summed E-state index contributed by atoms with van der Waals surface area (Å²) in [5, 5.41) is 12.3. The Hall–Kier alpha value is -1.39. The van der Waals surface area contributed by atoms with Crippen molar-refractivity contribution in [3.8, 4) is 0 Å². The summed E-state index contributed by atoms with van der Waals surface area (Å²) in [4.78, 5) is 13.2. The number of hydrogen-bond donors (Lipinski definition) is 2. The molecule has 1 fully saturated rings. The number of rotatable bonds is 4. The van der Waals surface area contributed by atoms with E-state index in [9.17, 15) is 4.79 Å². The first-order valence-corrected chi connectivity index (χ1v) is 6.39. The van der Waals surface area contributed by atoms with Gasteiger partial charge >= 0.3 is 5.97 Å². The van der Waals surface area contributed by atoms with Crippen LogP contribution in [0.25, 0.3) is 0 Å². The lowest BCUT2D eigenvalue weighted by molar-refractivity contribution is -0.139. The van der Waals surface area contributed by atoms with E-state index in [2.05, 4.69) is 29.3 Å². The van der Waals surface area contributed by atoms with Crippen LogP contribution in [0.3, 0.4) is 0 Å². The summed E-state index contributed by atoms with van der Waals surface area (Å²) in [6, 6.07) is 10.7. The Labute approximate surface area is 108 Å². The smallest absolute Gasteiger partial charge is 0.304 e. The summed E-state index contributed by atoms with van der Waals surface area (Å²) in [5.74, 6) is -0.728. The second-order valence-corrected chi connectivity index (χ2v) is 4.92. The molecule has 1 aliphatic heterocycles. The monoisotopic (exact) mass is 248 g/mol. The lowest BCUT2D eigenvalue weighted by Crippen LogP contribution is -2.56. The number of nitrogens with one attached hydrogen (secondary N) is 1. The van der Waals surface area contributed by atoms with Gasteiger partial charge in [-0.25, -0.2) is 0 Å². The van der Waals surface area contributed by atoms with Crippen LogP contribution < -0.4 is 5.32 Å². The molecule has 0 amide bonds. The van der Waals surface area contributed by atoms with Crippen molar-refractivity contribution in [2.24, 2.45) is 0 Å². The van der Waals surface area contributed by atoms with E-state index in [4.69, 9.17) is 5.11 Å². The van der Waals surface area contributed by atoms with Crippen molar-refractivity contribution in [3.63, 3.8) is 0 Å².